The summed E-state index contributed by atoms with van der Waals surface area (Å²) in [5.41, 5.74) is 6.08. The minimum atomic E-state index is 0.0319. The fourth-order valence-corrected chi connectivity index (χ4v) is 3.76. The second-order valence-electron chi connectivity index (χ2n) is 5.59. The molecule has 3 N–H and O–H groups in total. The lowest BCUT2D eigenvalue weighted by Crippen LogP contribution is -2.40. The maximum absolute atomic E-state index is 12.4. The second-order valence-corrected chi connectivity index (χ2v) is 6.50. The highest BCUT2D eigenvalue weighted by atomic mass is 32.1. The Bertz CT molecular complexity index is 520. The first-order valence-electron chi connectivity index (χ1n) is 7.83. The standard InChI is InChI=1S/C17H24N2OS/c1-2-16(13-7-4-3-5-8-13)19-17(20)14-11-15(21-12-14)9-6-10-18/h11-13,16H,2-5,7-8,10,18H2,1H3,(H,19,20). The number of thiophene rings is 1. The van der Waals surface area contributed by atoms with Crippen molar-refractivity contribution in [2.24, 2.45) is 11.7 Å². The van der Waals surface area contributed by atoms with Crippen molar-refractivity contribution in [1.82, 2.24) is 5.32 Å². The number of carbonyl (C=O) groups excluding carboxylic acids is 1. The molecule has 0 bridgehead atoms. The molecule has 1 aliphatic carbocycles. The summed E-state index contributed by atoms with van der Waals surface area (Å²) in [6.07, 6.45) is 7.43. The normalized spacial score (nSPS) is 16.9. The van der Waals surface area contributed by atoms with Crippen molar-refractivity contribution in [3.8, 4) is 11.8 Å². The largest absolute Gasteiger partial charge is 0.349 e. The van der Waals surface area contributed by atoms with Crippen molar-refractivity contribution in [1.29, 1.82) is 0 Å². The average Bonchev–Trinajstić information content (AvgIpc) is 3.00. The van der Waals surface area contributed by atoms with E-state index in [4.69, 9.17) is 5.73 Å². The molecule has 1 aromatic rings. The Kier molecular flexibility index (Phi) is 6.28. The van der Waals surface area contributed by atoms with Gasteiger partial charge >= 0.3 is 0 Å². The van der Waals surface area contributed by atoms with Gasteiger partial charge in [-0.25, -0.2) is 0 Å². The van der Waals surface area contributed by atoms with E-state index in [1.54, 1.807) is 0 Å². The number of hydrogen-bond acceptors (Lipinski definition) is 3. The molecule has 0 spiro atoms. The summed E-state index contributed by atoms with van der Waals surface area (Å²) in [5.74, 6) is 6.46. The summed E-state index contributed by atoms with van der Waals surface area (Å²) in [6, 6.07) is 2.16. The summed E-state index contributed by atoms with van der Waals surface area (Å²) in [6.45, 7) is 2.50. The molecule has 3 nitrogen and oxygen atoms in total. The van der Waals surface area contributed by atoms with Crippen LogP contribution >= 0.6 is 11.3 Å². The third kappa shape index (κ3) is 4.59. The molecule has 0 radical (unpaired) electrons. The third-order valence-electron chi connectivity index (χ3n) is 4.15. The smallest absolute Gasteiger partial charge is 0.252 e. The lowest BCUT2D eigenvalue weighted by Gasteiger charge is -2.30. The molecule has 1 fully saturated rings. The molecular weight excluding hydrogens is 280 g/mol. The highest BCUT2D eigenvalue weighted by molar-refractivity contribution is 7.10. The molecule has 1 atom stereocenters. The molecule has 1 unspecified atom stereocenters. The van der Waals surface area contributed by atoms with Crippen LogP contribution in [-0.4, -0.2) is 18.5 Å². The maximum atomic E-state index is 12.4. The molecule has 1 aromatic heterocycles. The minimum Gasteiger partial charge on any atom is -0.349 e. The fourth-order valence-electron chi connectivity index (χ4n) is 3.00. The van der Waals surface area contributed by atoms with Gasteiger partial charge in [0.2, 0.25) is 0 Å². The van der Waals surface area contributed by atoms with E-state index in [0.717, 1.165) is 16.9 Å². The summed E-state index contributed by atoms with van der Waals surface area (Å²) in [5, 5.41) is 5.10. The monoisotopic (exact) mass is 304 g/mol. The van der Waals surface area contributed by atoms with Gasteiger partial charge in [0.15, 0.2) is 0 Å². The van der Waals surface area contributed by atoms with Crippen LogP contribution in [0.5, 0.6) is 0 Å². The lowest BCUT2D eigenvalue weighted by molar-refractivity contribution is 0.0911. The van der Waals surface area contributed by atoms with Crippen molar-refractivity contribution in [3.05, 3.63) is 21.9 Å². The Hall–Kier alpha value is -1.31. The Morgan fingerprint density at radius 2 is 2.24 bits per heavy atom. The molecule has 1 saturated carbocycles. The van der Waals surface area contributed by atoms with Gasteiger partial charge in [-0.2, -0.15) is 0 Å². The minimum absolute atomic E-state index is 0.0319. The second kappa shape index (κ2) is 8.21. The van der Waals surface area contributed by atoms with Crippen LogP contribution in [0.2, 0.25) is 0 Å². The molecule has 1 amide bonds. The Labute approximate surface area is 131 Å². The van der Waals surface area contributed by atoms with Gasteiger partial charge in [-0.3, -0.25) is 4.79 Å². The Balaban J connectivity index is 1.96. The van der Waals surface area contributed by atoms with Crippen LogP contribution in [0, 0.1) is 17.8 Å². The average molecular weight is 304 g/mol. The summed E-state index contributed by atoms with van der Waals surface area (Å²) in [7, 11) is 0. The highest BCUT2D eigenvalue weighted by Crippen LogP contribution is 2.28. The van der Waals surface area contributed by atoms with Crippen LogP contribution in [0.1, 0.15) is 60.7 Å². The SMILES string of the molecule is CCC(NC(=O)c1csc(C#CCN)c1)C1CCCCC1. The quantitative estimate of drug-likeness (QED) is 0.840. The topological polar surface area (TPSA) is 55.1 Å². The predicted molar refractivity (Wildman–Crippen MR) is 88.4 cm³/mol. The van der Waals surface area contributed by atoms with E-state index in [1.165, 1.54) is 43.4 Å². The van der Waals surface area contributed by atoms with Gasteiger partial charge < -0.3 is 11.1 Å². The number of nitrogens with one attached hydrogen (secondary N) is 1. The van der Waals surface area contributed by atoms with Crippen LogP contribution in [0.15, 0.2) is 11.4 Å². The summed E-state index contributed by atoms with van der Waals surface area (Å²) in [4.78, 5) is 13.3. The van der Waals surface area contributed by atoms with Gasteiger partial charge in [-0.15, -0.1) is 11.3 Å². The van der Waals surface area contributed by atoms with E-state index in [9.17, 15) is 4.79 Å². The maximum Gasteiger partial charge on any atom is 0.252 e. The van der Waals surface area contributed by atoms with Gasteiger partial charge in [0, 0.05) is 11.4 Å². The number of carbonyl (C=O) groups is 1. The van der Waals surface area contributed by atoms with Crippen molar-refractivity contribution < 1.29 is 4.79 Å². The van der Waals surface area contributed by atoms with Crippen molar-refractivity contribution >= 4 is 17.2 Å². The van der Waals surface area contributed by atoms with Crippen LogP contribution < -0.4 is 11.1 Å². The molecule has 1 heterocycles. The van der Waals surface area contributed by atoms with Gasteiger partial charge in [-0.1, -0.05) is 38.0 Å². The van der Waals surface area contributed by atoms with Gasteiger partial charge in [-0.05, 0) is 31.2 Å². The zero-order valence-corrected chi connectivity index (χ0v) is 13.5. The van der Waals surface area contributed by atoms with E-state index in [1.807, 2.05) is 11.4 Å². The van der Waals surface area contributed by atoms with Crippen LogP contribution in [0.25, 0.3) is 0 Å². The molecule has 1 aliphatic rings. The fraction of sp³-hybridized carbons (Fsp3) is 0.588. The molecule has 0 saturated heterocycles. The van der Waals surface area contributed by atoms with E-state index in [-0.39, 0.29) is 5.91 Å². The number of rotatable bonds is 4. The summed E-state index contributed by atoms with van der Waals surface area (Å²) < 4.78 is 0. The van der Waals surface area contributed by atoms with E-state index < -0.39 is 0 Å². The highest BCUT2D eigenvalue weighted by Gasteiger charge is 2.24. The first-order chi connectivity index (χ1) is 10.2. The van der Waals surface area contributed by atoms with Crippen molar-refractivity contribution in [3.63, 3.8) is 0 Å². The van der Waals surface area contributed by atoms with Gasteiger partial charge in [0.1, 0.15) is 0 Å². The van der Waals surface area contributed by atoms with Crippen LogP contribution in [0.4, 0.5) is 0 Å². The van der Waals surface area contributed by atoms with Gasteiger partial charge in [0.25, 0.3) is 5.91 Å². The van der Waals surface area contributed by atoms with Gasteiger partial charge in [0.05, 0.1) is 17.0 Å². The molecular formula is C17H24N2OS. The predicted octanol–water partition coefficient (Wildman–Crippen LogP) is 3.15. The molecule has 2 rings (SSSR count). The third-order valence-corrected chi connectivity index (χ3v) is 5.00. The molecule has 0 aromatic carbocycles. The first-order valence-corrected chi connectivity index (χ1v) is 8.71. The zero-order chi connectivity index (χ0) is 15.1. The van der Waals surface area contributed by atoms with E-state index >= 15 is 0 Å². The number of hydrogen-bond donors (Lipinski definition) is 2. The van der Waals surface area contributed by atoms with Crippen LogP contribution in [0.3, 0.4) is 0 Å². The van der Waals surface area contributed by atoms with Crippen molar-refractivity contribution in [2.45, 2.75) is 51.5 Å². The lowest BCUT2D eigenvalue weighted by atomic mass is 9.83. The molecule has 21 heavy (non-hydrogen) atoms. The van der Waals surface area contributed by atoms with Crippen molar-refractivity contribution in [2.75, 3.05) is 6.54 Å². The number of nitrogens with two attached hydrogens (primary N) is 1. The van der Waals surface area contributed by atoms with Crippen LogP contribution in [-0.2, 0) is 0 Å². The summed E-state index contributed by atoms with van der Waals surface area (Å²) >= 11 is 1.50. The Morgan fingerprint density at radius 3 is 2.90 bits per heavy atom. The zero-order valence-electron chi connectivity index (χ0n) is 12.7. The molecule has 4 heteroatoms. The Morgan fingerprint density at radius 1 is 1.48 bits per heavy atom. The molecule has 0 aliphatic heterocycles. The number of amides is 1. The first kappa shape index (κ1) is 16.1. The van der Waals surface area contributed by atoms with E-state index in [0.29, 0.717) is 18.5 Å². The van der Waals surface area contributed by atoms with E-state index in [2.05, 4.69) is 24.1 Å². The molecule has 114 valence electrons.